The third-order valence-corrected chi connectivity index (χ3v) is 5.43. The molecule has 0 saturated carbocycles. The predicted molar refractivity (Wildman–Crippen MR) is 97.7 cm³/mol. The molecule has 0 radical (unpaired) electrons. The number of aromatic nitrogens is 2. The molecule has 4 aromatic rings. The second-order valence-electron chi connectivity index (χ2n) is 5.15. The molecule has 0 aliphatic carbocycles. The van der Waals surface area contributed by atoms with Gasteiger partial charge in [-0.3, -0.25) is 0 Å². The maximum Gasteiger partial charge on any atom is 0.163 e. The smallest absolute Gasteiger partial charge is 0.163 e. The molecular weight excluding hydrogens is 338 g/mol. The zero-order chi connectivity index (χ0) is 16.5. The number of allylic oxidation sites excluding steroid dienone is 1. The van der Waals surface area contributed by atoms with Crippen molar-refractivity contribution in [3.8, 4) is 16.8 Å². The van der Waals surface area contributed by atoms with Gasteiger partial charge >= 0.3 is 0 Å². The summed E-state index contributed by atoms with van der Waals surface area (Å²) in [7, 11) is 0. The SMILES string of the molecule is Cc1csc(/C(C#N)=C\c2ccc(-c3nc4ccccc4s3)o2)n1. The number of furan rings is 1. The fraction of sp³-hybridized carbons (Fsp3) is 0.0556. The topological polar surface area (TPSA) is 62.7 Å². The van der Waals surface area contributed by atoms with Gasteiger partial charge in [0.15, 0.2) is 10.8 Å². The number of nitrogens with zero attached hydrogens (tertiary/aromatic N) is 3. The third kappa shape index (κ3) is 2.75. The number of hydrogen-bond acceptors (Lipinski definition) is 6. The molecule has 0 bridgehead atoms. The lowest BCUT2D eigenvalue weighted by molar-refractivity contribution is 0.571. The summed E-state index contributed by atoms with van der Waals surface area (Å²) in [5.74, 6) is 1.32. The van der Waals surface area contributed by atoms with Gasteiger partial charge in [0.2, 0.25) is 0 Å². The molecule has 1 aromatic carbocycles. The number of fused-ring (bicyclic) bond motifs is 1. The first-order chi connectivity index (χ1) is 11.7. The highest BCUT2D eigenvalue weighted by Crippen LogP contribution is 2.32. The summed E-state index contributed by atoms with van der Waals surface area (Å²) in [5, 5.41) is 12.8. The molecule has 0 spiro atoms. The molecule has 24 heavy (non-hydrogen) atoms. The van der Waals surface area contributed by atoms with Crippen LogP contribution in [0.1, 0.15) is 16.5 Å². The molecule has 116 valence electrons. The zero-order valence-electron chi connectivity index (χ0n) is 12.7. The van der Waals surface area contributed by atoms with E-state index in [2.05, 4.69) is 16.0 Å². The van der Waals surface area contributed by atoms with E-state index in [9.17, 15) is 5.26 Å². The van der Waals surface area contributed by atoms with Gasteiger partial charge in [0.05, 0.1) is 15.8 Å². The maximum absolute atomic E-state index is 9.37. The maximum atomic E-state index is 9.37. The van der Waals surface area contributed by atoms with E-state index in [4.69, 9.17) is 4.42 Å². The number of rotatable bonds is 3. The van der Waals surface area contributed by atoms with Gasteiger partial charge in [-0.15, -0.1) is 22.7 Å². The Balaban J connectivity index is 1.69. The van der Waals surface area contributed by atoms with Crippen LogP contribution in [0.5, 0.6) is 0 Å². The van der Waals surface area contributed by atoms with Crippen LogP contribution in [0, 0.1) is 18.3 Å². The van der Waals surface area contributed by atoms with Gasteiger partial charge in [0.25, 0.3) is 0 Å². The Morgan fingerprint density at radius 1 is 1.21 bits per heavy atom. The quantitative estimate of drug-likeness (QED) is 0.465. The fourth-order valence-electron chi connectivity index (χ4n) is 2.28. The highest BCUT2D eigenvalue weighted by molar-refractivity contribution is 7.21. The van der Waals surface area contributed by atoms with Crippen molar-refractivity contribution in [2.24, 2.45) is 0 Å². The fourth-order valence-corrected chi connectivity index (χ4v) is 3.98. The summed E-state index contributed by atoms with van der Waals surface area (Å²) in [6, 6.07) is 13.9. The average Bonchev–Trinajstić information content (AvgIpc) is 3.31. The molecule has 4 nitrogen and oxygen atoms in total. The van der Waals surface area contributed by atoms with Gasteiger partial charge in [0, 0.05) is 17.2 Å². The van der Waals surface area contributed by atoms with E-state index in [-0.39, 0.29) is 0 Å². The molecule has 0 amide bonds. The van der Waals surface area contributed by atoms with Crippen LogP contribution in [0.2, 0.25) is 0 Å². The van der Waals surface area contributed by atoms with E-state index in [1.54, 1.807) is 17.4 Å². The van der Waals surface area contributed by atoms with Gasteiger partial charge in [-0.25, -0.2) is 9.97 Å². The molecule has 0 aliphatic rings. The lowest BCUT2D eigenvalue weighted by atomic mass is 10.2. The first-order valence-corrected chi connectivity index (χ1v) is 8.92. The molecule has 0 unspecified atom stereocenters. The lowest BCUT2D eigenvalue weighted by Crippen LogP contribution is -1.80. The van der Waals surface area contributed by atoms with Gasteiger partial charge in [-0.2, -0.15) is 5.26 Å². The second kappa shape index (κ2) is 6.04. The molecule has 0 fully saturated rings. The summed E-state index contributed by atoms with van der Waals surface area (Å²) in [4.78, 5) is 8.93. The summed E-state index contributed by atoms with van der Waals surface area (Å²) in [5.41, 5.74) is 2.37. The van der Waals surface area contributed by atoms with Gasteiger partial charge < -0.3 is 4.42 Å². The Hall–Kier alpha value is -2.75. The van der Waals surface area contributed by atoms with Crippen LogP contribution >= 0.6 is 22.7 Å². The Bertz CT molecular complexity index is 1060. The van der Waals surface area contributed by atoms with E-state index in [1.807, 2.05) is 48.7 Å². The molecule has 3 aromatic heterocycles. The summed E-state index contributed by atoms with van der Waals surface area (Å²) in [6.07, 6.45) is 1.72. The summed E-state index contributed by atoms with van der Waals surface area (Å²) in [6.45, 7) is 1.91. The predicted octanol–water partition coefficient (Wildman–Crippen LogP) is 5.39. The van der Waals surface area contributed by atoms with Crippen molar-refractivity contribution in [2.45, 2.75) is 6.92 Å². The number of hydrogen-bond donors (Lipinski definition) is 0. The number of thiazole rings is 2. The van der Waals surface area contributed by atoms with E-state index >= 15 is 0 Å². The Labute approximate surface area is 146 Å². The van der Waals surface area contributed by atoms with Crippen LogP contribution in [-0.4, -0.2) is 9.97 Å². The second-order valence-corrected chi connectivity index (χ2v) is 7.04. The normalized spacial score (nSPS) is 11.8. The van der Waals surface area contributed by atoms with Gasteiger partial charge in [-0.1, -0.05) is 12.1 Å². The van der Waals surface area contributed by atoms with Crippen molar-refractivity contribution in [3.05, 3.63) is 58.2 Å². The number of para-hydroxylation sites is 1. The highest BCUT2D eigenvalue weighted by atomic mass is 32.1. The van der Waals surface area contributed by atoms with Crippen LogP contribution in [0.25, 0.3) is 32.6 Å². The van der Waals surface area contributed by atoms with Crippen LogP contribution in [0.15, 0.2) is 46.2 Å². The van der Waals surface area contributed by atoms with E-state index in [1.165, 1.54) is 11.3 Å². The van der Waals surface area contributed by atoms with Crippen molar-refractivity contribution >= 4 is 44.5 Å². The monoisotopic (exact) mass is 349 g/mol. The van der Waals surface area contributed by atoms with Crippen molar-refractivity contribution < 1.29 is 4.42 Å². The molecule has 4 rings (SSSR count). The average molecular weight is 349 g/mol. The van der Waals surface area contributed by atoms with E-state index in [0.717, 1.165) is 20.9 Å². The molecule has 0 aliphatic heterocycles. The van der Waals surface area contributed by atoms with E-state index in [0.29, 0.717) is 22.1 Å². The molecule has 3 heterocycles. The van der Waals surface area contributed by atoms with Crippen LogP contribution in [-0.2, 0) is 0 Å². The van der Waals surface area contributed by atoms with Crippen LogP contribution < -0.4 is 0 Å². The largest absolute Gasteiger partial charge is 0.454 e. The lowest BCUT2D eigenvalue weighted by Gasteiger charge is -1.92. The first kappa shape index (κ1) is 14.8. The Morgan fingerprint density at radius 3 is 2.83 bits per heavy atom. The molecule has 0 atom stereocenters. The summed E-state index contributed by atoms with van der Waals surface area (Å²) < 4.78 is 6.98. The summed E-state index contributed by atoms with van der Waals surface area (Å²) >= 11 is 3.04. The van der Waals surface area contributed by atoms with Crippen molar-refractivity contribution in [1.29, 1.82) is 5.26 Å². The highest BCUT2D eigenvalue weighted by Gasteiger charge is 2.11. The minimum absolute atomic E-state index is 0.498. The minimum Gasteiger partial charge on any atom is -0.454 e. The van der Waals surface area contributed by atoms with Crippen LogP contribution in [0.3, 0.4) is 0 Å². The third-order valence-electron chi connectivity index (χ3n) is 3.39. The minimum atomic E-state index is 0.498. The van der Waals surface area contributed by atoms with Crippen LogP contribution in [0.4, 0.5) is 0 Å². The zero-order valence-corrected chi connectivity index (χ0v) is 14.3. The van der Waals surface area contributed by atoms with E-state index < -0.39 is 0 Å². The molecular formula is C18H11N3OS2. The number of nitriles is 1. The first-order valence-electron chi connectivity index (χ1n) is 7.23. The molecule has 0 saturated heterocycles. The molecule has 6 heteroatoms. The Morgan fingerprint density at radius 2 is 2.08 bits per heavy atom. The standard InChI is InChI=1S/C18H11N3OS2/c1-11-10-23-17(20-11)12(9-19)8-13-6-7-15(22-13)18-21-14-4-2-3-5-16(14)24-18/h2-8,10H,1H3/b12-8-. The Kier molecular flexibility index (Phi) is 3.73. The molecule has 0 N–H and O–H groups in total. The van der Waals surface area contributed by atoms with Crippen molar-refractivity contribution in [3.63, 3.8) is 0 Å². The number of benzene rings is 1. The van der Waals surface area contributed by atoms with Gasteiger partial charge in [-0.05, 0) is 31.2 Å². The van der Waals surface area contributed by atoms with Gasteiger partial charge in [0.1, 0.15) is 16.8 Å². The number of aryl methyl sites for hydroxylation is 1. The van der Waals surface area contributed by atoms with Crippen molar-refractivity contribution in [1.82, 2.24) is 9.97 Å². The van der Waals surface area contributed by atoms with Crippen molar-refractivity contribution in [2.75, 3.05) is 0 Å².